The van der Waals surface area contributed by atoms with Gasteiger partial charge in [0.25, 0.3) is 5.91 Å². The Bertz CT molecular complexity index is 984. The van der Waals surface area contributed by atoms with Crippen molar-refractivity contribution in [1.29, 1.82) is 0 Å². The van der Waals surface area contributed by atoms with Gasteiger partial charge >= 0.3 is 0 Å². The number of hydrogen-bond donors (Lipinski definition) is 1. The van der Waals surface area contributed by atoms with Crippen LogP contribution >= 0.6 is 0 Å². The van der Waals surface area contributed by atoms with E-state index in [0.717, 1.165) is 5.56 Å². The molecule has 1 aromatic carbocycles. The summed E-state index contributed by atoms with van der Waals surface area (Å²) in [6.45, 7) is 2.16. The van der Waals surface area contributed by atoms with Crippen molar-refractivity contribution in [2.24, 2.45) is 0 Å². The van der Waals surface area contributed by atoms with Gasteiger partial charge in [0.2, 0.25) is 11.8 Å². The third kappa shape index (κ3) is 5.15. The van der Waals surface area contributed by atoms with E-state index in [1.165, 1.54) is 11.2 Å². The molecule has 9 heteroatoms. The lowest BCUT2D eigenvalue weighted by Crippen LogP contribution is -2.60. The van der Waals surface area contributed by atoms with Crippen LogP contribution in [0.2, 0.25) is 0 Å². The lowest BCUT2D eigenvalue weighted by molar-refractivity contribution is -0.143. The number of hydrogen-bond acceptors (Lipinski definition) is 6. The van der Waals surface area contributed by atoms with E-state index in [4.69, 9.17) is 9.15 Å². The quantitative estimate of drug-likeness (QED) is 0.659. The molecule has 4 rings (SSSR count). The highest BCUT2D eigenvalue weighted by Gasteiger charge is 2.54. The second-order valence-corrected chi connectivity index (χ2v) is 9.06. The molecule has 3 amide bonds. The molecule has 1 N–H and O–H groups in total. The summed E-state index contributed by atoms with van der Waals surface area (Å²) >= 11 is 0. The van der Waals surface area contributed by atoms with E-state index in [0.29, 0.717) is 45.4 Å². The van der Waals surface area contributed by atoms with Crippen molar-refractivity contribution in [2.45, 2.75) is 31.0 Å². The third-order valence-corrected chi connectivity index (χ3v) is 6.47. The summed E-state index contributed by atoms with van der Waals surface area (Å²) in [5, 5.41) is 2.91. The Balaban J connectivity index is 1.47. The molecule has 3 heterocycles. The van der Waals surface area contributed by atoms with Crippen LogP contribution in [0.1, 0.15) is 29.0 Å². The summed E-state index contributed by atoms with van der Waals surface area (Å²) in [5.41, 5.74) is 0.0192. The van der Waals surface area contributed by atoms with Gasteiger partial charge in [-0.25, -0.2) is 0 Å². The van der Waals surface area contributed by atoms with Crippen LogP contribution in [0.3, 0.4) is 0 Å². The largest absolute Gasteiger partial charge is 0.459 e. The minimum absolute atomic E-state index is 0.0425. The summed E-state index contributed by atoms with van der Waals surface area (Å²) in [4.78, 5) is 44.6. The smallest absolute Gasteiger partial charge is 0.292 e. The minimum atomic E-state index is -0.947. The summed E-state index contributed by atoms with van der Waals surface area (Å²) in [5.74, 6) is -0.417. The van der Waals surface area contributed by atoms with Crippen LogP contribution in [0.25, 0.3) is 0 Å². The second kappa shape index (κ2) is 10.4. The molecule has 1 aromatic heterocycles. The normalized spacial score (nSPS) is 19.6. The molecule has 0 radical (unpaired) electrons. The van der Waals surface area contributed by atoms with Crippen LogP contribution < -0.4 is 5.32 Å². The number of nitrogens with one attached hydrogen (secondary N) is 1. The van der Waals surface area contributed by atoms with E-state index in [-0.39, 0.29) is 30.1 Å². The number of nitrogens with zero attached hydrogens (tertiary/aromatic N) is 3. The number of rotatable bonds is 7. The molecule has 1 atom stereocenters. The molecule has 1 spiro atoms. The fourth-order valence-electron chi connectivity index (χ4n) is 4.59. The third-order valence-electron chi connectivity index (χ3n) is 6.47. The van der Waals surface area contributed by atoms with Crippen LogP contribution in [-0.2, 0) is 20.7 Å². The average Bonchev–Trinajstić information content (AvgIpc) is 3.48. The first-order chi connectivity index (χ1) is 16.4. The molecular formula is C25H32N4O5. The molecule has 0 saturated carbocycles. The lowest BCUT2D eigenvalue weighted by Gasteiger charge is -2.44. The van der Waals surface area contributed by atoms with Crippen LogP contribution in [-0.4, -0.2) is 91.1 Å². The van der Waals surface area contributed by atoms with Gasteiger partial charge in [-0.2, -0.15) is 0 Å². The monoisotopic (exact) mass is 468 g/mol. The fourth-order valence-corrected chi connectivity index (χ4v) is 4.59. The van der Waals surface area contributed by atoms with Crippen molar-refractivity contribution in [2.75, 3.05) is 46.9 Å². The maximum atomic E-state index is 13.4. The minimum Gasteiger partial charge on any atom is -0.459 e. The molecular weight excluding hydrogens is 436 g/mol. The number of furan rings is 1. The van der Waals surface area contributed by atoms with Gasteiger partial charge in [-0.3, -0.25) is 19.3 Å². The van der Waals surface area contributed by atoms with E-state index < -0.39 is 11.8 Å². The lowest BCUT2D eigenvalue weighted by atomic mass is 9.96. The molecule has 182 valence electrons. The van der Waals surface area contributed by atoms with Gasteiger partial charge in [-0.05, 0) is 31.8 Å². The maximum Gasteiger partial charge on any atom is 0.292 e. The maximum absolute atomic E-state index is 13.4. The highest BCUT2D eigenvalue weighted by Crippen LogP contribution is 2.38. The SMILES string of the molecule is CN(C)CCNC(=O)C1COC2(CCN(C(=O)Cc3ccccc3)CC2)N1C(=O)c1ccco1. The van der Waals surface area contributed by atoms with Gasteiger partial charge in [-0.1, -0.05) is 30.3 Å². The number of amides is 3. The zero-order valence-corrected chi connectivity index (χ0v) is 19.7. The predicted octanol–water partition coefficient (Wildman–Crippen LogP) is 1.36. The Morgan fingerprint density at radius 3 is 2.47 bits per heavy atom. The molecule has 9 nitrogen and oxygen atoms in total. The Labute approximate surface area is 199 Å². The van der Waals surface area contributed by atoms with E-state index in [9.17, 15) is 14.4 Å². The fraction of sp³-hybridized carbons (Fsp3) is 0.480. The number of piperidine rings is 1. The number of carbonyl (C=O) groups is 3. The molecule has 2 aliphatic rings. The van der Waals surface area contributed by atoms with Crippen molar-refractivity contribution in [3.63, 3.8) is 0 Å². The molecule has 0 aliphatic carbocycles. The van der Waals surface area contributed by atoms with Crippen LogP contribution in [0, 0.1) is 0 Å². The van der Waals surface area contributed by atoms with E-state index in [2.05, 4.69) is 5.32 Å². The van der Waals surface area contributed by atoms with Crippen LogP contribution in [0.5, 0.6) is 0 Å². The summed E-state index contributed by atoms with van der Waals surface area (Å²) in [6, 6.07) is 12.1. The number of benzene rings is 1. The van der Waals surface area contributed by atoms with Crippen LogP contribution in [0.4, 0.5) is 0 Å². The molecule has 34 heavy (non-hydrogen) atoms. The summed E-state index contributed by atoms with van der Waals surface area (Å²) in [6.07, 6.45) is 2.64. The van der Waals surface area contributed by atoms with Crippen molar-refractivity contribution >= 4 is 17.7 Å². The van der Waals surface area contributed by atoms with Gasteiger partial charge in [0.05, 0.1) is 19.3 Å². The van der Waals surface area contributed by atoms with E-state index in [1.54, 1.807) is 12.1 Å². The van der Waals surface area contributed by atoms with Crippen molar-refractivity contribution < 1.29 is 23.5 Å². The Hall–Kier alpha value is -3.17. The number of ether oxygens (including phenoxy) is 1. The standard InChI is InChI=1S/C25H32N4O5/c1-27(2)15-12-26-23(31)20-18-34-25(29(20)24(32)21-9-6-16-33-21)10-13-28(14-11-25)22(30)17-19-7-4-3-5-8-19/h3-9,16,20H,10-15,17-18H2,1-2H3,(H,26,31). The van der Waals surface area contributed by atoms with E-state index in [1.807, 2.05) is 54.2 Å². The van der Waals surface area contributed by atoms with Gasteiger partial charge in [0.1, 0.15) is 11.8 Å². The first-order valence-corrected chi connectivity index (χ1v) is 11.6. The Kier molecular flexibility index (Phi) is 7.33. The highest BCUT2D eigenvalue weighted by atomic mass is 16.5. The van der Waals surface area contributed by atoms with Crippen molar-refractivity contribution in [1.82, 2.24) is 20.0 Å². The Morgan fingerprint density at radius 2 is 1.82 bits per heavy atom. The summed E-state index contributed by atoms with van der Waals surface area (Å²) < 4.78 is 11.5. The number of likely N-dealkylation sites (tertiary alicyclic amines) is 1. The number of carbonyl (C=O) groups excluding carboxylic acids is 3. The Morgan fingerprint density at radius 1 is 1.09 bits per heavy atom. The van der Waals surface area contributed by atoms with Crippen LogP contribution in [0.15, 0.2) is 53.1 Å². The zero-order valence-electron chi connectivity index (χ0n) is 19.7. The van der Waals surface area contributed by atoms with Gasteiger partial charge in [0.15, 0.2) is 5.76 Å². The molecule has 2 fully saturated rings. The number of likely N-dealkylation sites (N-methyl/N-ethyl adjacent to an activating group) is 1. The molecule has 0 bridgehead atoms. The average molecular weight is 469 g/mol. The zero-order chi connectivity index (χ0) is 24.1. The first kappa shape index (κ1) is 24.0. The first-order valence-electron chi connectivity index (χ1n) is 11.6. The van der Waals surface area contributed by atoms with Crippen molar-refractivity contribution in [3.05, 3.63) is 60.1 Å². The second-order valence-electron chi connectivity index (χ2n) is 9.06. The van der Waals surface area contributed by atoms with E-state index >= 15 is 0 Å². The predicted molar refractivity (Wildman–Crippen MR) is 125 cm³/mol. The topological polar surface area (TPSA) is 95.3 Å². The van der Waals surface area contributed by atoms with Gasteiger partial charge in [-0.15, -0.1) is 0 Å². The highest BCUT2D eigenvalue weighted by molar-refractivity contribution is 5.96. The molecule has 2 aromatic rings. The molecule has 2 saturated heterocycles. The molecule has 2 aliphatic heterocycles. The van der Waals surface area contributed by atoms with Gasteiger partial charge < -0.3 is 24.3 Å². The summed E-state index contributed by atoms with van der Waals surface area (Å²) in [7, 11) is 3.86. The van der Waals surface area contributed by atoms with Crippen molar-refractivity contribution in [3.8, 4) is 0 Å². The van der Waals surface area contributed by atoms with Gasteiger partial charge in [0, 0.05) is 39.0 Å². The molecule has 1 unspecified atom stereocenters.